The number of aryl methyl sites for hydroxylation is 1. The van der Waals surface area contributed by atoms with Crippen LogP contribution in [0.2, 0.25) is 0 Å². The van der Waals surface area contributed by atoms with Crippen molar-refractivity contribution in [3.63, 3.8) is 0 Å². The minimum atomic E-state index is -2.04. The van der Waals surface area contributed by atoms with E-state index in [0.717, 1.165) is 15.7 Å². The number of carboxylic acid groups (broad SMARTS) is 1. The molecule has 0 spiro atoms. The topological polar surface area (TPSA) is 141 Å². The summed E-state index contributed by atoms with van der Waals surface area (Å²) in [5.41, 5.74) is 1.06. The van der Waals surface area contributed by atoms with E-state index in [1.54, 1.807) is 0 Å². The highest BCUT2D eigenvalue weighted by Gasteiger charge is 2.63. The molecular weight excluding hydrogens is 482 g/mol. The summed E-state index contributed by atoms with van der Waals surface area (Å²) < 4.78 is 19.2. The van der Waals surface area contributed by atoms with Crippen LogP contribution in [-0.2, 0) is 37.1 Å². The van der Waals surface area contributed by atoms with Crippen molar-refractivity contribution in [2.45, 2.75) is 44.2 Å². The van der Waals surface area contributed by atoms with E-state index in [2.05, 4.69) is 10.5 Å². The van der Waals surface area contributed by atoms with Crippen molar-refractivity contribution < 1.29 is 28.9 Å². The van der Waals surface area contributed by atoms with Crippen LogP contribution in [0.5, 0.6) is 0 Å². The Morgan fingerprint density at radius 3 is 2.30 bits per heavy atom. The molecule has 3 N–H and O–H groups in total. The number of rotatable bonds is 11. The zero-order valence-corrected chi connectivity index (χ0v) is 20.5. The first kappa shape index (κ1) is 26.5. The molecule has 1 aliphatic rings. The molecule has 1 fully saturated rings. The highest BCUT2D eigenvalue weighted by molar-refractivity contribution is 5.79. The predicted octanol–water partition coefficient (Wildman–Crippen LogP) is 1.52. The minimum Gasteiger partial charge on any atom is -0.479 e. The van der Waals surface area contributed by atoms with Crippen LogP contribution in [0.25, 0.3) is 0 Å². The maximum atomic E-state index is 12.8. The van der Waals surface area contributed by atoms with Gasteiger partial charge >= 0.3 is 11.7 Å². The predicted molar refractivity (Wildman–Crippen MR) is 132 cm³/mol. The van der Waals surface area contributed by atoms with Crippen LogP contribution in [0.3, 0.4) is 0 Å². The van der Waals surface area contributed by atoms with Crippen molar-refractivity contribution in [1.82, 2.24) is 15.0 Å². The second-order valence-corrected chi connectivity index (χ2v) is 8.66. The van der Waals surface area contributed by atoms with Crippen molar-refractivity contribution in [3.8, 4) is 0 Å². The van der Waals surface area contributed by atoms with Crippen molar-refractivity contribution in [3.05, 3.63) is 104 Å². The van der Waals surface area contributed by atoms with Gasteiger partial charge in [0.15, 0.2) is 12.3 Å². The lowest BCUT2D eigenvalue weighted by molar-refractivity contribution is -0.194. The van der Waals surface area contributed by atoms with Gasteiger partial charge in [-0.3, -0.25) is 19.2 Å². The fourth-order valence-electron chi connectivity index (χ4n) is 4.25. The normalized spacial score (nSPS) is 23.2. The average molecular weight is 512 g/mol. The molecule has 1 saturated heterocycles. The van der Waals surface area contributed by atoms with Gasteiger partial charge in [-0.15, -0.1) is 0 Å². The van der Waals surface area contributed by atoms with E-state index in [0.29, 0.717) is 0 Å². The number of benzene rings is 2. The quantitative estimate of drug-likeness (QED) is 0.327. The number of hydrogen-bond acceptors (Lipinski definition) is 8. The molecule has 4 atom stereocenters. The first-order valence-electron chi connectivity index (χ1n) is 11.7. The number of ether oxygens (including phenoxy) is 3. The summed E-state index contributed by atoms with van der Waals surface area (Å²) in [5.74, 6) is -1.35. The van der Waals surface area contributed by atoms with Gasteiger partial charge in [0.2, 0.25) is 5.60 Å². The Bertz CT molecular complexity index is 1310. The monoisotopic (exact) mass is 511 g/mol. The molecule has 0 unspecified atom stereocenters. The lowest BCUT2D eigenvalue weighted by Crippen LogP contribution is -2.55. The van der Waals surface area contributed by atoms with Gasteiger partial charge < -0.3 is 19.3 Å². The second-order valence-electron chi connectivity index (χ2n) is 8.66. The van der Waals surface area contributed by atoms with Crippen molar-refractivity contribution in [2.24, 2.45) is 0 Å². The van der Waals surface area contributed by atoms with Crippen LogP contribution < -0.4 is 16.7 Å². The number of nitrogens with zero attached hydrogens (tertiary/aromatic N) is 1. The van der Waals surface area contributed by atoms with Gasteiger partial charge in [0.05, 0.1) is 19.8 Å². The van der Waals surface area contributed by atoms with E-state index >= 15 is 0 Å². The van der Waals surface area contributed by atoms with E-state index in [1.165, 1.54) is 20.2 Å². The van der Waals surface area contributed by atoms with Crippen LogP contribution >= 0.6 is 0 Å². The van der Waals surface area contributed by atoms with Gasteiger partial charge in [-0.1, -0.05) is 60.7 Å². The summed E-state index contributed by atoms with van der Waals surface area (Å²) >= 11 is 0. The van der Waals surface area contributed by atoms with Crippen LogP contribution in [0.1, 0.15) is 22.9 Å². The van der Waals surface area contributed by atoms with Crippen molar-refractivity contribution in [1.29, 1.82) is 0 Å². The maximum Gasteiger partial charge on any atom is 0.341 e. The molecule has 0 saturated carbocycles. The molecule has 4 rings (SSSR count). The minimum absolute atomic E-state index is 0.0540. The first-order chi connectivity index (χ1) is 17.9. The smallest absolute Gasteiger partial charge is 0.341 e. The largest absolute Gasteiger partial charge is 0.479 e. The number of carbonyl (C=O) groups is 1. The van der Waals surface area contributed by atoms with Gasteiger partial charge in [-0.25, -0.2) is 15.1 Å². The summed E-state index contributed by atoms with van der Waals surface area (Å²) in [6.45, 7) is 1.31. The molecule has 0 aliphatic carbocycles. The second kappa shape index (κ2) is 11.6. The Morgan fingerprint density at radius 2 is 1.70 bits per heavy atom. The summed E-state index contributed by atoms with van der Waals surface area (Å²) in [7, 11) is 1.50. The number of carboxylic acids is 1. The molecule has 0 amide bonds. The Balaban J connectivity index is 1.72. The summed E-state index contributed by atoms with van der Waals surface area (Å²) in [4.78, 5) is 45.4. The molecule has 0 bridgehead atoms. The number of aromatic amines is 1. The Morgan fingerprint density at radius 1 is 1.08 bits per heavy atom. The standard InChI is InChI=1S/C26H29N3O8/c1-17-13-29(25(33)28-22(17)30)23-20(37-27-2)21(35-15-19-11-7-4-8-12-19)26(36-23,24(31)32)16-34-14-18-9-5-3-6-10-18/h3-13,20-21,23,27H,14-16H2,1-2H3,(H,31,32)(H,28,30,33)/t20-,21+,23-,26-/m1/s1. The molecule has 37 heavy (non-hydrogen) atoms. The summed E-state index contributed by atoms with van der Waals surface area (Å²) in [6.07, 6.45) is -2.27. The van der Waals surface area contributed by atoms with Gasteiger partial charge in [0, 0.05) is 18.8 Å². The van der Waals surface area contributed by atoms with Gasteiger partial charge in [-0.05, 0) is 18.1 Å². The zero-order valence-electron chi connectivity index (χ0n) is 20.5. The Hall–Kier alpha value is -3.61. The number of aliphatic carboxylic acids is 1. The molecule has 2 aromatic carbocycles. The highest BCUT2D eigenvalue weighted by Crippen LogP contribution is 2.41. The molecular formula is C26H29N3O8. The van der Waals surface area contributed by atoms with E-state index in [9.17, 15) is 19.5 Å². The highest BCUT2D eigenvalue weighted by atomic mass is 16.7. The van der Waals surface area contributed by atoms with Gasteiger partial charge in [-0.2, -0.15) is 0 Å². The van der Waals surface area contributed by atoms with Crippen LogP contribution in [0.4, 0.5) is 0 Å². The molecule has 11 heteroatoms. The van der Waals surface area contributed by atoms with Gasteiger partial charge in [0.1, 0.15) is 6.10 Å². The van der Waals surface area contributed by atoms with Crippen LogP contribution in [-0.4, -0.2) is 52.1 Å². The fraction of sp³-hybridized carbons (Fsp3) is 0.346. The molecule has 1 aromatic heterocycles. The van der Waals surface area contributed by atoms with E-state index in [1.807, 2.05) is 60.7 Å². The lowest BCUT2D eigenvalue weighted by Gasteiger charge is -2.31. The van der Waals surface area contributed by atoms with E-state index in [-0.39, 0.29) is 18.8 Å². The molecule has 0 radical (unpaired) electrons. The fourth-order valence-corrected chi connectivity index (χ4v) is 4.25. The average Bonchev–Trinajstić information content (AvgIpc) is 3.20. The molecule has 1 aliphatic heterocycles. The first-order valence-corrected chi connectivity index (χ1v) is 11.7. The lowest BCUT2D eigenvalue weighted by atomic mass is 9.95. The summed E-state index contributed by atoms with van der Waals surface area (Å²) in [6, 6.07) is 18.5. The third kappa shape index (κ3) is 5.71. The molecule has 196 valence electrons. The number of nitrogens with one attached hydrogen (secondary N) is 2. The molecule has 2 heterocycles. The van der Waals surface area contributed by atoms with Gasteiger partial charge in [0.25, 0.3) is 5.56 Å². The SMILES string of the molecule is CNO[C@H]1[C@H](n2cc(C)c(=O)[nH]c2=O)O[C@@](COCc2ccccc2)(C(=O)O)[C@H]1OCc1ccccc1. The molecule has 3 aromatic rings. The number of hydrogen-bond donors (Lipinski definition) is 3. The van der Waals surface area contributed by atoms with E-state index < -0.39 is 47.9 Å². The number of hydroxylamine groups is 1. The molecule has 11 nitrogen and oxygen atoms in total. The third-order valence-corrected chi connectivity index (χ3v) is 6.11. The van der Waals surface area contributed by atoms with Crippen molar-refractivity contribution >= 4 is 5.97 Å². The number of aromatic nitrogens is 2. The van der Waals surface area contributed by atoms with E-state index in [4.69, 9.17) is 19.0 Å². The van der Waals surface area contributed by atoms with Crippen molar-refractivity contribution in [2.75, 3.05) is 13.7 Å². The zero-order chi connectivity index (χ0) is 26.4. The summed E-state index contributed by atoms with van der Waals surface area (Å²) in [5, 5.41) is 10.4. The van der Waals surface area contributed by atoms with Crippen LogP contribution in [0.15, 0.2) is 76.4 Å². The maximum absolute atomic E-state index is 12.8. The Kier molecular flexibility index (Phi) is 8.31. The van der Waals surface area contributed by atoms with Crippen LogP contribution in [0, 0.1) is 6.92 Å². The third-order valence-electron chi connectivity index (χ3n) is 6.11. The number of H-pyrrole nitrogens is 1. The Labute approximate surface area is 212 Å².